The monoisotopic (exact) mass is 557 g/mol. The average molecular weight is 559 g/mol. The highest BCUT2D eigenvalue weighted by Crippen LogP contribution is 2.31. The summed E-state index contributed by atoms with van der Waals surface area (Å²) in [6.07, 6.45) is 1.44. The lowest BCUT2D eigenvalue weighted by atomic mass is 10.1. The van der Waals surface area contributed by atoms with Gasteiger partial charge in [-0.05, 0) is 61.0 Å². The number of furan rings is 1. The van der Waals surface area contributed by atoms with Gasteiger partial charge < -0.3 is 15.1 Å². The van der Waals surface area contributed by atoms with Crippen LogP contribution in [0.3, 0.4) is 0 Å². The summed E-state index contributed by atoms with van der Waals surface area (Å²) in [5.41, 5.74) is 2.58. The summed E-state index contributed by atoms with van der Waals surface area (Å²) in [6, 6.07) is 15.7. The summed E-state index contributed by atoms with van der Waals surface area (Å²) >= 11 is 6.84. The van der Waals surface area contributed by atoms with Crippen LogP contribution in [-0.2, 0) is 9.59 Å². The Balaban J connectivity index is 1.46. The van der Waals surface area contributed by atoms with E-state index in [1.807, 2.05) is 25.1 Å². The molecule has 0 bridgehead atoms. The van der Waals surface area contributed by atoms with Gasteiger partial charge in [0, 0.05) is 26.3 Å². The van der Waals surface area contributed by atoms with E-state index in [9.17, 15) is 14.4 Å². The van der Waals surface area contributed by atoms with Crippen molar-refractivity contribution < 1.29 is 18.8 Å². The van der Waals surface area contributed by atoms with Gasteiger partial charge in [0.05, 0.1) is 0 Å². The predicted molar refractivity (Wildman–Crippen MR) is 128 cm³/mol. The number of imide groups is 1. The second-order valence-corrected chi connectivity index (χ2v) is 8.89. The SMILES string of the molecule is Cc1ccc(-c2ccc(/C=C3\NC(=O)N(CC(=O)Nc4ccc(Br)cc4)C3=O)o2)c(Br)c1. The van der Waals surface area contributed by atoms with Crippen LogP contribution in [-0.4, -0.2) is 29.3 Å². The van der Waals surface area contributed by atoms with E-state index in [-0.39, 0.29) is 5.70 Å². The average Bonchev–Trinajstić information content (AvgIpc) is 3.30. The summed E-state index contributed by atoms with van der Waals surface area (Å²) in [7, 11) is 0. The maximum Gasteiger partial charge on any atom is 0.329 e. The van der Waals surface area contributed by atoms with Crippen molar-refractivity contribution in [2.45, 2.75) is 6.92 Å². The molecular weight excluding hydrogens is 542 g/mol. The molecule has 1 aromatic heterocycles. The molecule has 2 aromatic carbocycles. The van der Waals surface area contributed by atoms with Gasteiger partial charge in [0.25, 0.3) is 5.91 Å². The maximum atomic E-state index is 12.7. The van der Waals surface area contributed by atoms with Gasteiger partial charge in [0.1, 0.15) is 23.8 Å². The molecule has 4 rings (SSSR count). The smallest absolute Gasteiger partial charge is 0.329 e. The second kappa shape index (κ2) is 9.13. The van der Waals surface area contributed by atoms with Gasteiger partial charge >= 0.3 is 6.03 Å². The molecule has 1 aliphatic rings. The highest BCUT2D eigenvalue weighted by molar-refractivity contribution is 9.10. The van der Waals surface area contributed by atoms with Gasteiger partial charge in [0.15, 0.2) is 0 Å². The van der Waals surface area contributed by atoms with Crippen LogP contribution in [0.4, 0.5) is 10.5 Å². The quantitative estimate of drug-likeness (QED) is 0.328. The van der Waals surface area contributed by atoms with E-state index in [4.69, 9.17) is 4.42 Å². The third kappa shape index (κ3) is 4.84. The van der Waals surface area contributed by atoms with Crippen LogP contribution in [0.2, 0.25) is 0 Å². The number of rotatable bonds is 5. The van der Waals surface area contributed by atoms with Gasteiger partial charge in [-0.3, -0.25) is 9.59 Å². The van der Waals surface area contributed by atoms with Gasteiger partial charge in [-0.15, -0.1) is 0 Å². The number of amides is 4. The topological polar surface area (TPSA) is 91.7 Å². The summed E-state index contributed by atoms with van der Waals surface area (Å²) in [5.74, 6) is -0.0690. The number of carbonyl (C=O) groups excluding carboxylic acids is 3. The number of anilines is 1. The third-order valence-corrected chi connectivity index (χ3v) is 5.88. The van der Waals surface area contributed by atoms with Gasteiger partial charge in [0.2, 0.25) is 5.91 Å². The predicted octanol–water partition coefficient (Wildman–Crippen LogP) is 5.31. The van der Waals surface area contributed by atoms with Gasteiger partial charge in [-0.2, -0.15) is 0 Å². The molecule has 3 aromatic rings. The van der Waals surface area contributed by atoms with E-state index < -0.39 is 24.4 Å². The first-order valence-electron chi connectivity index (χ1n) is 9.56. The van der Waals surface area contributed by atoms with E-state index >= 15 is 0 Å². The lowest BCUT2D eigenvalue weighted by Gasteiger charge is -2.11. The van der Waals surface area contributed by atoms with Crippen molar-refractivity contribution in [3.63, 3.8) is 0 Å². The fourth-order valence-corrected chi connectivity index (χ4v) is 4.08. The van der Waals surface area contributed by atoms with Crippen molar-refractivity contribution in [2.75, 3.05) is 11.9 Å². The van der Waals surface area contributed by atoms with Crippen molar-refractivity contribution in [3.8, 4) is 11.3 Å². The minimum atomic E-state index is -0.666. The van der Waals surface area contributed by atoms with E-state index in [0.717, 1.165) is 25.0 Å². The zero-order valence-corrected chi connectivity index (χ0v) is 20.0. The molecule has 0 atom stereocenters. The molecule has 2 heterocycles. The number of hydrogen-bond donors (Lipinski definition) is 2. The Labute approximate surface area is 200 Å². The number of carbonyl (C=O) groups is 3. The molecule has 162 valence electrons. The number of benzene rings is 2. The van der Waals surface area contributed by atoms with Crippen LogP contribution in [0.15, 0.2) is 73.7 Å². The Morgan fingerprint density at radius 1 is 1.09 bits per heavy atom. The van der Waals surface area contributed by atoms with E-state index in [0.29, 0.717) is 17.2 Å². The third-order valence-electron chi connectivity index (χ3n) is 4.70. The van der Waals surface area contributed by atoms with Gasteiger partial charge in [-0.25, -0.2) is 9.69 Å². The largest absolute Gasteiger partial charge is 0.457 e. The maximum absolute atomic E-state index is 12.7. The molecule has 1 saturated heterocycles. The molecule has 1 aliphatic heterocycles. The minimum Gasteiger partial charge on any atom is -0.457 e. The van der Waals surface area contributed by atoms with Crippen molar-refractivity contribution in [2.24, 2.45) is 0 Å². The Kier molecular flexibility index (Phi) is 6.29. The first kappa shape index (κ1) is 22.0. The summed E-state index contributed by atoms with van der Waals surface area (Å²) in [4.78, 5) is 38.0. The lowest BCUT2D eigenvalue weighted by molar-refractivity contribution is -0.127. The van der Waals surface area contributed by atoms with Crippen LogP contribution < -0.4 is 10.6 Å². The molecule has 0 spiro atoms. The van der Waals surface area contributed by atoms with E-state index in [2.05, 4.69) is 42.5 Å². The Bertz CT molecular complexity index is 1250. The first-order valence-corrected chi connectivity index (χ1v) is 11.1. The van der Waals surface area contributed by atoms with Crippen LogP contribution in [0.25, 0.3) is 17.4 Å². The molecule has 7 nitrogen and oxygen atoms in total. The van der Waals surface area contributed by atoms with Crippen LogP contribution in [0.5, 0.6) is 0 Å². The molecule has 32 heavy (non-hydrogen) atoms. The molecule has 1 fully saturated rings. The zero-order chi connectivity index (χ0) is 22.8. The highest BCUT2D eigenvalue weighted by atomic mass is 79.9. The molecule has 2 N–H and O–H groups in total. The summed E-state index contributed by atoms with van der Waals surface area (Å²) < 4.78 is 7.59. The molecule has 0 radical (unpaired) electrons. The summed E-state index contributed by atoms with van der Waals surface area (Å²) in [5, 5.41) is 5.15. The van der Waals surface area contributed by atoms with E-state index in [1.54, 1.807) is 36.4 Å². The van der Waals surface area contributed by atoms with Gasteiger partial charge in [-0.1, -0.05) is 37.9 Å². The number of nitrogens with one attached hydrogen (secondary N) is 2. The van der Waals surface area contributed by atoms with Crippen LogP contribution in [0, 0.1) is 6.92 Å². The summed E-state index contributed by atoms with van der Waals surface area (Å²) in [6.45, 7) is 1.59. The highest BCUT2D eigenvalue weighted by Gasteiger charge is 2.35. The Morgan fingerprint density at radius 2 is 1.84 bits per heavy atom. The fraction of sp³-hybridized carbons (Fsp3) is 0.0870. The number of aryl methyl sites for hydroxylation is 1. The fourth-order valence-electron chi connectivity index (χ4n) is 3.13. The minimum absolute atomic E-state index is 0.0373. The molecule has 0 saturated carbocycles. The van der Waals surface area contributed by atoms with Crippen molar-refractivity contribution >= 4 is 61.5 Å². The first-order chi connectivity index (χ1) is 15.3. The van der Waals surface area contributed by atoms with E-state index in [1.165, 1.54) is 6.08 Å². The Morgan fingerprint density at radius 3 is 2.56 bits per heavy atom. The molecular formula is C23H17Br2N3O4. The Hall–Kier alpha value is -3.17. The molecule has 9 heteroatoms. The molecule has 4 amide bonds. The van der Waals surface area contributed by atoms with Crippen molar-refractivity contribution in [1.29, 1.82) is 0 Å². The lowest BCUT2D eigenvalue weighted by Crippen LogP contribution is -2.38. The number of halogens is 2. The number of nitrogens with zero attached hydrogens (tertiary/aromatic N) is 1. The molecule has 0 unspecified atom stereocenters. The van der Waals surface area contributed by atoms with Crippen LogP contribution in [0.1, 0.15) is 11.3 Å². The normalized spacial score (nSPS) is 14.7. The van der Waals surface area contributed by atoms with Crippen LogP contribution >= 0.6 is 31.9 Å². The van der Waals surface area contributed by atoms with Crippen molar-refractivity contribution in [3.05, 3.63) is 80.6 Å². The standard InChI is InChI=1S/C23H17Br2N3O4/c1-13-2-8-17(18(25)10-13)20-9-7-16(32-20)11-19-22(30)28(23(31)27-19)12-21(29)26-15-5-3-14(24)4-6-15/h2-11H,12H2,1H3,(H,26,29)(H,27,31)/b19-11-. The second-order valence-electron chi connectivity index (χ2n) is 7.12. The molecule has 0 aliphatic carbocycles. The zero-order valence-electron chi connectivity index (χ0n) is 16.8. The van der Waals surface area contributed by atoms with Crippen molar-refractivity contribution in [1.82, 2.24) is 10.2 Å². The number of urea groups is 1. The number of hydrogen-bond acceptors (Lipinski definition) is 4.